The summed E-state index contributed by atoms with van der Waals surface area (Å²) in [5, 5.41) is 14.4. The minimum atomic E-state index is -4.17. The number of rotatable bonds is 4. The van der Waals surface area contributed by atoms with E-state index < -0.39 is 26.5 Å². The molecule has 0 unspecified atom stereocenters. The zero-order valence-electron chi connectivity index (χ0n) is 11.4. The lowest BCUT2D eigenvalue weighted by molar-refractivity contribution is -0.832. The number of amides is 1. The first-order valence-corrected chi connectivity index (χ1v) is 7.56. The number of aromatic nitrogens is 2. The molecule has 112 valence electrons. The van der Waals surface area contributed by atoms with Gasteiger partial charge in [-0.05, 0) is 4.90 Å². The normalized spacial score (nSPS) is 11.3. The van der Waals surface area contributed by atoms with Crippen molar-refractivity contribution in [1.82, 2.24) is 10.1 Å². The SMILES string of the molecule is CN(C)C(=O)CS(=O)(=O)c1c(-c2ccccc2)no[n+]1[O-]. The van der Waals surface area contributed by atoms with E-state index >= 15 is 0 Å². The molecule has 0 fully saturated rings. The predicted molar refractivity (Wildman–Crippen MR) is 71.6 cm³/mol. The third-order valence-electron chi connectivity index (χ3n) is 2.73. The van der Waals surface area contributed by atoms with Crippen LogP contribution in [0.3, 0.4) is 0 Å². The van der Waals surface area contributed by atoms with E-state index in [4.69, 9.17) is 0 Å². The van der Waals surface area contributed by atoms with Gasteiger partial charge in [-0.15, -0.1) is 0 Å². The molecule has 2 rings (SSSR count). The summed E-state index contributed by atoms with van der Waals surface area (Å²) in [7, 11) is -1.32. The van der Waals surface area contributed by atoms with Gasteiger partial charge in [0.2, 0.25) is 15.7 Å². The second-order valence-electron chi connectivity index (χ2n) is 4.50. The minimum absolute atomic E-state index is 0.114. The van der Waals surface area contributed by atoms with E-state index in [2.05, 4.69) is 9.79 Å². The first-order chi connectivity index (χ1) is 9.83. The van der Waals surface area contributed by atoms with Crippen molar-refractivity contribution >= 4 is 15.7 Å². The van der Waals surface area contributed by atoms with Crippen LogP contribution >= 0.6 is 0 Å². The van der Waals surface area contributed by atoms with E-state index in [1.807, 2.05) is 0 Å². The van der Waals surface area contributed by atoms with Gasteiger partial charge in [-0.25, -0.2) is 8.42 Å². The Hall–Kier alpha value is -2.42. The maximum absolute atomic E-state index is 12.3. The molecule has 1 aromatic carbocycles. The molecule has 0 atom stereocenters. The summed E-state index contributed by atoms with van der Waals surface area (Å²) in [5.74, 6) is -1.47. The second kappa shape index (κ2) is 5.52. The van der Waals surface area contributed by atoms with Gasteiger partial charge in [0.25, 0.3) is 5.69 Å². The Morgan fingerprint density at radius 3 is 2.52 bits per heavy atom. The summed E-state index contributed by atoms with van der Waals surface area (Å²) in [5.41, 5.74) is 0.295. The molecular formula is C12H13N3O5S. The molecule has 1 amide bonds. The number of carbonyl (C=O) groups excluding carboxylic acids is 1. The molecule has 0 saturated heterocycles. The highest BCUT2D eigenvalue weighted by molar-refractivity contribution is 7.92. The lowest BCUT2D eigenvalue weighted by Crippen LogP contribution is -2.36. The highest BCUT2D eigenvalue weighted by atomic mass is 32.2. The van der Waals surface area contributed by atoms with Gasteiger partial charge in [0.1, 0.15) is 5.75 Å². The molecule has 0 saturated carbocycles. The number of sulfone groups is 1. The summed E-state index contributed by atoms with van der Waals surface area (Å²) < 4.78 is 28.9. The zero-order valence-corrected chi connectivity index (χ0v) is 12.2. The van der Waals surface area contributed by atoms with Crippen LogP contribution in [0.15, 0.2) is 40.0 Å². The summed E-state index contributed by atoms with van der Waals surface area (Å²) in [6.45, 7) is 0. The molecule has 0 radical (unpaired) electrons. The second-order valence-corrected chi connectivity index (χ2v) is 6.40. The lowest BCUT2D eigenvalue weighted by Gasteiger charge is -2.09. The van der Waals surface area contributed by atoms with Crippen LogP contribution in [0.4, 0.5) is 0 Å². The fraction of sp³-hybridized carbons (Fsp3) is 0.250. The molecule has 2 aromatic rings. The van der Waals surface area contributed by atoms with Crippen molar-refractivity contribution < 1.29 is 22.7 Å². The largest absolute Gasteiger partial charge is 0.358 e. The van der Waals surface area contributed by atoms with Gasteiger partial charge < -0.3 is 10.1 Å². The third-order valence-corrected chi connectivity index (χ3v) is 4.29. The van der Waals surface area contributed by atoms with Crippen LogP contribution in [0, 0.1) is 5.21 Å². The Morgan fingerprint density at radius 2 is 1.95 bits per heavy atom. The van der Waals surface area contributed by atoms with E-state index in [-0.39, 0.29) is 10.6 Å². The summed E-state index contributed by atoms with van der Waals surface area (Å²) in [4.78, 5) is 12.5. The van der Waals surface area contributed by atoms with E-state index in [9.17, 15) is 18.4 Å². The highest BCUT2D eigenvalue weighted by Crippen LogP contribution is 2.23. The van der Waals surface area contributed by atoms with Crippen LogP contribution in [0.25, 0.3) is 11.3 Å². The van der Waals surface area contributed by atoms with Crippen molar-refractivity contribution in [1.29, 1.82) is 0 Å². The van der Waals surface area contributed by atoms with Crippen molar-refractivity contribution in [3.05, 3.63) is 35.5 Å². The number of carbonyl (C=O) groups is 1. The van der Waals surface area contributed by atoms with E-state index in [1.54, 1.807) is 30.3 Å². The molecular weight excluding hydrogens is 298 g/mol. The van der Waals surface area contributed by atoms with Gasteiger partial charge in [0, 0.05) is 24.8 Å². The molecule has 1 aromatic heterocycles. The Kier molecular flexibility index (Phi) is 3.94. The third kappa shape index (κ3) is 3.02. The first-order valence-electron chi connectivity index (χ1n) is 5.91. The van der Waals surface area contributed by atoms with Crippen LogP contribution in [0.1, 0.15) is 0 Å². The molecule has 0 aliphatic carbocycles. The Morgan fingerprint density at radius 1 is 1.33 bits per heavy atom. The van der Waals surface area contributed by atoms with Gasteiger partial charge in [-0.1, -0.05) is 30.3 Å². The first kappa shape index (κ1) is 15.0. The maximum atomic E-state index is 12.3. The molecule has 21 heavy (non-hydrogen) atoms. The standard InChI is InChI=1S/C12H13N3O5S/c1-14(2)10(16)8-21(18,19)12-11(13-20-15(12)17)9-6-4-3-5-7-9/h3-7H,8H2,1-2H3. The number of hydrogen-bond donors (Lipinski definition) is 0. The van der Waals surface area contributed by atoms with Crippen molar-refractivity contribution in [3.8, 4) is 11.3 Å². The van der Waals surface area contributed by atoms with Crippen molar-refractivity contribution in [2.75, 3.05) is 19.8 Å². The maximum Gasteiger partial charge on any atom is 0.317 e. The Bertz CT molecular complexity index is 752. The molecule has 0 aliphatic heterocycles. The minimum Gasteiger partial charge on any atom is -0.358 e. The molecule has 8 nitrogen and oxygen atoms in total. The fourth-order valence-corrected chi connectivity index (χ4v) is 3.06. The van der Waals surface area contributed by atoms with Crippen molar-refractivity contribution in [2.45, 2.75) is 5.03 Å². The average molecular weight is 311 g/mol. The Balaban J connectivity index is 2.50. The molecule has 0 bridgehead atoms. The predicted octanol–water partition coefficient (Wildman–Crippen LogP) is -0.163. The average Bonchev–Trinajstić information content (AvgIpc) is 2.82. The van der Waals surface area contributed by atoms with Gasteiger partial charge in [-0.3, -0.25) is 9.42 Å². The summed E-state index contributed by atoms with van der Waals surface area (Å²) in [6, 6.07) is 8.24. The molecule has 0 aliphatic rings. The molecule has 0 spiro atoms. The highest BCUT2D eigenvalue weighted by Gasteiger charge is 2.35. The molecule has 0 N–H and O–H groups in total. The van der Waals surface area contributed by atoms with E-state index in [0.717, 1.165) is 4.90 Å². The fourth-order valence-electron chi connectivity index (χ4n) is 1.63. The zero-order chi connectivity index (χ0) is 15.6. The van der Waals surface area contributed by atoms with E-state index in [0.29, 0.717) is 5.56 Å². The van der Waals surface area contributed by atoms with Crippen LogP contribution < -0.4 is 4.90 Å². The number of benzene rings is 1. The van der Waals surface area contributed by atoms with Gasteiger partial charge in [0.05, 0.1) is 0 Å². The Labute approximate surface area is 121 Å². The van der Waals surface area contributed by atoms with Crippen LogP contribution in [0.2, 0.25) is 0 Å². The number of hydrogen-bond acceptors (Lipinski definition) is 6. The van der Waals surface area contributed by atoms with Gasteiger partial charge >= 0.3 is 5.03 Å². The lowest BCUT2D eigenvalue weighted by atomic mass is 10.2. The summed E-state index contributed by atoms with van der Waals surface area (Å²) >= 11 is 0. The van der Waals surface area contributed by atoms with Crippen LogP contribution in [-0.4, -0.2) is 44.2 Å². The monoisotopic (exact) mass is 311 g/mol. The van der Waals surface area contributed by atoms with Crippen LogP contribution in [0.5, 0.6) is 0 Å². The topological polar surface area (TPSA) is 107 Å². The van der Waals surface area contributed by atoms with Crippen molar-refractivity contribution in [3.63, 3.8) is 0 Å². The van der Waals surface area contributed by atoms with Crippen molar-refractivity contribution in [2.24, 2.45) is 0 Å². The van der Waals surface area contributed by atoms with Gasteiger partial charge in [0.15, 0.2) is 0 Å². The van der Waals surface area contributed by atoms with E-state index in [1.165, 1.54) is 14.1 Å². The smallest absolute Gasteiger partial charge is 0.317 e. The summed E-state index contributed by atoms with van der Waals surface area (Å²) in [6.07, 6.45) is 0. The molecule has 9 heteroatoms. The van der Waals surface area contributed by atoms with Crippen LogP contribution in [-0.2, 0) is 14.6 Å². The molecule has 1 heterocycles. The van der Waals surface area contributed by atoms with Gasteiger partial charge in [-0.2, -0.15) is 0 Å². The number of nitrogens with zero attached hydrogens (tertiary/aromatic N) is 3. The quantitative estimate of drug-likeness (QED) is 0.726.